The van der Waals surface area contributed by atoms with Gasteiger partial charge in [-0.25, -0.2) is 9.59 Å². The van der Waals surface area contributed by atoms with Gasteiger partial charge >= 0.3 is 24.3 Å². The van der Waals surface area contributed by atoms with Gasteiger partial charge in [-0.1, -0.05) is 37.4 Å². The third-order valence-electron chi connectivity index (χ3n) is 4.98. The Hall–Kier alpha value is -3.56. The summed E-state index contributed by atoms with van der Waals surface area (Å²) in [6.45, 7) is 8.26. The summed E-state index contributed by atoms with van der Waals surface area (Å²) in [5.41, 5.74) is -8.06. The number of hydrogen-bond donors (Lipinski definition) is 0. The van der Waals surface area contributed by atoms with Crippen molar-refractivity contribution >= 4 is 11.9 Å². The van der Waals surface area contributed by atoms with E-state index in [1.165, 1.54) is 0 Å². The lowest BCUT2D eigenvalue weighted by Gasteiger charge is -2.40. The fraction of sp³-hybridized carbons (Fsp3) is 0.217. The molecular formula is C23H18F6O4. The molecule has 0 aromatic heterocycles. The Morgan fingerprint density at radius 3 is 1.33 bits per heavy atom. The lowest BCUT2D eigenvalue weighted by Crippen LogP contribution is -2.55. The molecule has 176 valence electrons. The van der Waals surface area contributed by atoms with E-state index in [-0.39, 0.29) is 0 Å². The standard InChI is InChI=1S/C23H18F6O4/c1-5-19(30)32-17-11-7-9-15(13(17)3)21(22(24,25)26,23(27,28)29)16-10-8-12-18(14(16)4)33-20(31)6-2/h5-12H,1-2H2,3-4H3. The third kappa shape index (κ3) is 4.50. The van der Waals surface area contributed by atoms with Crippen LogP contribution >= 0.6 is 0 Å². The zero-order chi connectivity index (χ0) is 25.2. The van der Waals surface area contributed by atoms with E-state index in [1.807, 2.05) is 0 Å². The first-order chi connectivity index (χ1) is 15.2. The van der Waals surface area contributed by atoms with E-state index in [0.29, 0.717) is 24.3 Å². The number of ether oxygens (including phenoxy) is 2. The topological polar surface area (TPSA) is 52.6 Å². The number of carbonyl (C=O) groups excluding carboxylic acids is 2. The Labute approximate surface area is 185 Å². The fourth-order valence-corrected chi connectivity index (χ4v) is 3.48. The van der Waals surface area contributed by atoms with Crippen LogP contribution in [0.5, 0.6) is 11.5 Å². The molecule has 0 saturated carbocycles. The van der Waals surface area contributed by atoms with E-state index in [4.69, 9.17) is 9.47 Å². The van der Waals surface area contributed by atoms with Gasteiger partial charge in [-0.3, -0.25) is 0 Å². The Morgan fingerprint density at radius 2 is 1.06 bits per heavy atom. The van der Waals surface area contributed by atoms with E-state index in [2.05, 4.69) is 13.2 Å². The van der Waals surface area contributed by atoms with Crippen molar-refractivity contribution in [2.45, 2.75) is 31.6 Å². The van der Waals surface area contributed by atoms with Gasteiger partial charge < -0.3 is 9.47 Å². The van der Waals surface area contributed by atoms with Crippen molar-refractivity contribution in [2.24, 2.45) is 0 Å². The Bertz CT molecular complexity index is 1010. The molecule has 0 spiro atoms. The van der Waals surface area contributed by atoms with Crippen molar-refractivity contribution in [3.05, 3.63) is 84.0 Å². The number of rotatable bonds is 6. The monoisotopic (exact) mass is 472 g/mol. The first-order valence-corrected chi connectivity index (χ1v) is 9.24. The van der Waals surface area contributed by atoms with Gasteiger partial charge in [0.15, 0.2) is 0 Å². The Balaban J connectivity index is 2.99. The predicted octanol–water partition coefficient (Wildman–Crippen LogP) is 5.90. The molecule has 0 amide bonds. The largest absolute Gasteiger partial charge is 0.423 e. The summed E-state index contributed by atoms with van der Waals surface area (Å²) in [5.74, 6) is -3.12. The molecule has 10 heteroatoms. The molecular weight excluding hydrogens is 454 g/mol. The maximum absolute atomic E-state index is 14.6. The molecule has 2 aromatic rings. The summed E-state index contributed by atoms with van der Waals surface area (Å²) >= 11 is 0. The smallest absolute Gasteiger partial charge is 0.411 e. The summed E-state index contributed by atoms with van der Waals surface area (Å²) < 4.78 is 97.0. The lowest BCUT2D eigenvalue weighted by molar-refractivity contribution is -0.289. The van der Waals surface area contributed by atoms with Crippen molar-refractivity contribution in [1.82, 2.24) is 0 Å². The summed E-state index contributed by atoms with van der Waals surface area (Å²) in [6, 6.07) is 5.26. The van der Waals surface area contributed by atoms with Crippen LogP contribution in [-0.4, -0.2) is 24.3 Å². The van der Waals surface area contributed by atoms with Crippen molar-refractivity contribution in [3.63, 3.8) is 0 Å². The molecule has 0 N–H and O–H groups in total. The van der Waals surface area contributed by atoms with Crippen LogP contribution in [0.3, 0.4) is 0 Å². The van der Waals surface area contributed by atoms with Gasteiger partial charge in [0.25, 0.3) is 0 Å². The highest BCUT2D eigenvalue weighted by atomic mass is 19.4. The fourth-order valence-electron chi connectivity index (χ4n) is 3.48. The molecule has 0 saturated heterocycles. The Morgan fingerprint density at radius 1 is 0.727 bits per heavy atom. The van der Waals surface area contributed by atoms with Crippen LogP contribution in [0.4, 0.5) is 26.3 Å². The van der Waals surface area contributed by atoms with Gasteiger partial charge in [-0.15, -0.1) is 0 Å². The van der Waals surface area contributed by atoms with E-state index < -0.39 is 63.5 Å². The molecule has 0 radical (unpaired) electrons. The van der Waals surface area contributed by atoms with E-state index in [0.717, 1.165) is 38.1 Å². The van der Waals surface area contributed by atoms with E-state index in [1.54, 1.807) is 0 Å². The average Bonchev–Trinajstić information content (AvgIpc) is 2.71. The minimum atomic E-state index is -5.90. The molecule has 0 bridgehead atoms. The molecule has 0 atom stereocenters. The second-order valence-electron chi connectivity index (χ2n) is 6.85. The second-order valence-corrected chi connectivity index (χ2v) is 6.85. The summed E-state index contributed by atoms with van der Waals surface area (Å²) in [7, 11) is 0. The third-order valence-corrected chi connectivity index (χ3v) is 4.98. The minimum absolute atomic E-state index is 0.498. The number of alkyl halides is 6. The molecule has 0 aliphatic carbocycles. The predicted molar refractivity (Wildman–Crippen MR) is 107 cm³/mol. The van der Waals surface area contributed by atoms with Crippen LogP contribution in [0.1, 0.15) is 22.3 Å². The first-order valence-electron chi connectivity index (χ1n) is 9.24. The zero-order valence-corrected chi connectivity index (χ0v) is 17.4. The van der Waals surface area contributed by atoms with E-state index in [9.17, 15) is 35.9 Å². The number of carbonyl (C=O) groups is 2. The van der Waals surface area contributed by atoms with Crippen LogP contribution in [0.2, 0.25) is 0 Å². The summed E-state index contributed by atoms with van der Waals surface area (Å²) in [4.78, 5) is 23.1. The lowest BCUT2D eigenvalue weighted by atomic mass is 9.69. The molecule has 0 heterocycles. The van der Waals surface area contributed by atoms with Crippen LogP contribution in [0, 0.1) is 13.8 Å². The molecule has 4 nitrogen and oxygen atoms in total. The van der Waals surface area contributed by atoms with Gasteiger partial charge in [0, 0.05) is 12.2 Å². The van der Waals surface area contributed by atoms with Crippen molar-refractivity contribution in [2.75, 3.05) is 0 Å². The SMILES string of the molecule is C=CC(=O)Oc1cccc(C(c2cccc(OC(=O)C=C)c2C)(C(F)(F)F)C(F)(F)F)c1C. The molecule has 0 fully saturated rings. The quantitative estimate of drug-likeness (QED) is 0.228. The van der Waals surface area contributed by atoms with Crippen molar-refractivity contribution < 1.29 is 45.4 Å². The number of hydrogen-bond acceptors (Lipinski definition) is 4. The maximum Gasteiger partial charge on any atom is 0.411 e. The normalized spacial score (nSPS) is 12.1. The van der Waals surface area contributed by atoms with Gasteiger partial charge in [0.1, 0.15) is 11.5 Å². The van der Waals surface area contributed by atoms with Crippen molar-refractivity contribution in [3.8, 4) is 11.5 Å². The van der Waals surface area contributed by atoms with Crippen LogP contribution < -0.4 is 9.47 Å². The number of halogens is 6. The molecule has 2 rings (SSSR count). The molecule has 0 aliphatic heterocycles. The molecule has 0 unspecified atom stereocenters. The zero-order valence-electron chi connectivity index (χ0n) is 17.4. The summed E-state index contributed by atoms with van der Waals surface area (Å²) in [5, 5.41) is 0. The summed E-state index contributed by atoms with van der Waals surface area (Å²) in [6.07, 6.45) is -10.4. The minimum Gasteiger partial charge on any atom is -0.423 e. The maximum atomic E-state index is 14.6. The molecule has 0 aliphatic rings. The van der Waals surface area contributed by atoms with Crippen LogP contribution in [0.25, 0.3) is 0 Å². The number of benzene rings is 2. The highest BCUT2D eigenvalue weighted by Crippen LogP contribution is 2.58. The van der Waals surface area contributed by atoms with Gasteiger partial charge in [-0.2, -0.15) is 26.3 Å². The van der Waals surface area contributed by atoms with Gasteiger partial charge in [-0.05, 0) is 48.2 Å². The average molecular weight is 472 g/mol. The van der Waals surface area contributed by atoms with Gasteiger partial charge in [0.05, 0.1) is 0 Å². The Kier molecular flexibility index (Phi) is 7.11. The molecule has 33 heavy (non-hydrogen) atoms. The van der Waals surface area contributed by atoms with E-state index >= 15 is 0 Å². The first kappa shape index (κ1) is 25.7. The van der Waals surface area contributed by atoms with Crippen molar-refractivity contribution in [1.29, 1.82) is 0 Å². The van der Waals surface area contributed by atoms with Crippen LogP contribution in [0.15, 0.2) is 61.7 Å². The highest BCUT2D eigenvalue weighted by molar-refractivity contribution is 5.84. The number of esters is 2. The van der Waals surface area contributed by atoms with Gasteiger partial charge in [0.2, 0.25) is 5.41 Å². The van der Waals surface area contributed by atoms with Crippen LogP contribution in [-0.2, 0) is 15.0 Å². The highest BCUT2D eigenvalue weighted by Gasteiger charge is 2.73. The molecule has 2 aromatic carbocycles. The second kappa shape index (κ2) is 9.13.